The number of thiophene rings is 1. The van der Waals surface area contributed by atoms with E-state index in [-0.39, 0.29) is 17.9 Å². The van der Waals surface area contributed by atoms with Crippen molar-refractivity contribution in [2.45, 2.75) is 6.32 Å². The lowest BCUT2D eigenvalue weighted by atomic mass is 9.95. The van der Waals surface area contributed by atoms with Crippen LogP contribution >= 0.6 is 27.3 Å². The molecule has 2 aromatic carbocycles. The number of rotatable bonds is 4. The Labute approximate surface area is 135 Å². The lowest BCUT2D eigenvalue weighted by Gasteiger charge is -1.98. The summed E-state index contributed by atoms with van der Waals surface area (Å²) in [6.45, 7) is 0. The predicted molar refractivity (Wildman–Crippen MR) is 92.3 cm³/mol. The number of carbonyl (C=O) groups excluding carboxylic acids is 2. The van der Waals surface area contributed by atoms with E-state index in [2.05, 4.69) is 15.9 Å². The van der Waals surface area contributed by atoms with Gasteiger partial charge in [-0.1, -0.05) is 40.2 Å². The molecule has 0 aliphatic carbocycles. The van der Waals surface area contributed by atoms with Crippen LogP contribution in [0.25, 0.3) is 20.2 Å². The van der Waals surface area contributed by atoms with Crippen molar-refractivity contribution >= 4 is 66.9 Å². The highest BCUT2D eigenvalue weighted by Gasteiger charge is 2.11. The molecule has 0 amide bonds. The molecule has 3 aromatic rings. The summed E-state index contributed by atoms with van der Waals surface area (Å²) in [6.07, 6.45) is 0.0142. The molecule has 1 heterocycles. The molecule has 0 unspecified atom stereocenters. The first kappa shape index (κ1) is 14.5. The minimum atomic E-state index is -0.0653. The van der Waals surface area contributed by atoms with E-state index in [1.165, 1.54) is 0 Å². The topological polar surface area (TPSA) is 34.1 Å². The fourth-order valence-electron chi connectivity index (χ4n) is 2.32. The highest BCUT2D eigenvalue weighted by atomic mass is 79.9. The molecule has 0 bridgehead atoms. The maximum Gasteiger partial charge on any atom is 0.173 e. The summed E-state index contributed by atoms with van der Waals surface area (Å²) < 4.78 is 2.09. The van der Waals surface area contributed by atoms with E-state index in [4.69, 9.17) is 7.85 Å². The van der Waals surface area contributed by atoms with Gasteiger partial charge in [0.2, 0.25) is 0 Å². The van der Waals surface area contributed by atoms with Gasteiger partial charge < -0.3 is 0 Å². The second-order valence-corrected chi connectivity index (χ2v) is 6.35. The van der Waals surface area contributed by atoms with E-state index in [0.717, 1.165) is 20.2 Å². The Morgan fingerprint density at radius 2 is 1.48 bits per heavy atom. The Kier molecular flexibility index (Phi) is 3.96. The SMILES string of the molecule is [B]CC(=O)c1ccc2c(c1)sc1cc(C(=O)CBr)ccc12. The molecule has 0 aliphatic heterocycles. The zero-order valence-electron chi connectivity index (χ0n) is 11.1. The standard InChI is InChI=1S/C16H10BBrO2S/c17-7-13(19)9-1-3-11-12-4-2-10(14(20)8-18)6-16(12)21-15(11)5-9/h1-6H,7-8H2. The van der Waals surface area contributed by atoms with Crippen LogP contribution < -0.4 is 0 Å². The molecule has 3 rings (SSSR count). The van der Waals surface area contributed by atoms with Crippen molar-refractivity contribution < 1.29 is 9.59 Å². The Morgan fingerprint density at radius 1 is 0.952 bits per heavy atom. The third-order valence-corrected chi connectivity index (χ3v) is 5.05. The molecule has 2 radical (unpaired) electrons. The van der Waals surface area contributed by atoms with Gasteiger partial charge in [0.25, 0.3) is 0 Å². The van der Waals surface area contributed by atoms with Crippen LogP contribution in [0.3, 0.4) is 0 Å². The average molecular weight is 357 g/mol. The van der Waals surface area contributed by atoms with Gasteiger partial charge in [0, 0.05) is 31.3 Å². The zero-order valence-corrected chi connectivity index (χ0v) is 13.5. The predicted octanol–water partition coefficient (Wildman–Crippen LogP) is 4.40. The van der Waals surface area contributed by atoms with Gasteiger partial charge in [-0.05, 0) is 18.5 Å². The summed E-state index contributed by atoms with van der Waals surface area (Å²) in [4.78, 5) is 23.4. The molecular weight excluding hydrogens is 347 g/mol. The first-order valence-electron chi connectivity index (χ1n) is 6.43. The van der Waals surface area contributed by atoms with E-state index in [0.29, 0.717) is 16.5 Å². The molecule has 0 spiro atoms. The van der Waals surface area contributed by atoms with Gasteiger partial charge in [0.05, 0.1) is 13.2 Å². The molecule has 0 aliphatic rings. The van der Waals surface area contributed by atoms with Crippen LogP contribution in [0.4, 0.5) is 0 Å². The number of hydrogen-bond acceptors (Lipinski definition) is 3. The number of fused-ring (bicyclic) bond motifs is 3. The lowest BCUT2D eigenvalue weighted by molar-refractivity contribution is 0.101. The van der Waals surface area contributed by atoms with Crippen molar-refractivity contribution in [1.29, 1.82) is 0 Å². The number of carbonyl (C=O) groups is 2. The molecule has 21 heavy (non-hydrogen) atoms. The molecule has 102 valence electrons. The Hall–Kier alpha value is -1.46. The summed E-state index contributed by atoms with van der Waals surface area (Å²) in [7, 11) is 5.40. The van der Waals surface area contributed by atoms with Crippen molar-refractivity contribution in [3.05, 3.63) is 47.5 Å². The van der Waals surface area contributed by atoms with Crippen molar-refractivity contribution in [3.63, 3.8) is 0 Å². The molecule has 0 saturated heterocycles. The molecule has 0 N–H and O–H groups in total. The third-order valence-electron chi connectivity index (χ3n) is 3.42. The normalized spacial score (nSPS) is 11.1. The van der Waals surface area contributed by atoms with Crippen molar-refractivity contribution in [3.8, 4) is 0 Å². The highest BCUT2D eigenvalue weighted by Crippen LogP contribution is 2.35. The maximum absolute atomic E-state index is 11.8. The molecule has 0 atom stereocenters. The van der Waals surface area contributed by atoms with E-state index in [1.807, 2.05) is 30.3 Å². The van der Waals surface area contributed by atoms with Gasteiger partial charge in [-0.15, -0.1) is 11.3 Å². The first-order valence-corrected chi connectivity index (χ1v) is 8.36. The monoisotopic (exact) mass is 356 g/mol. The number of Topliss-reactive ketones (excluding diaryl/α,β-unsaturated/α-hetero) is 2. The summed E-state index contributed by atoms with van der Waals surface area (Å²) in [5, 5.41) is 2.52. The van der Waals surface area contributed by atoms with Gasteiger partial charge in [0.1, 0.15) is 0 Å². The molecule has 0 fully saturated rings. The van der Waals surface area contributed by atoms with Crippen LogP contribution in [-0.4, -0.2) is 24.7 Å². The highest BCUT2D eigenvalue weighted by molar-refractivity contribution is 9.09. The number of alkyl halides is 1. The molecule has 5 heteroatoms. The molecule has 0 saturated carbocycles. The maximum atomic E-state index is 11.8. The summed E-state index contributed by atoms with van der Waals surface area (Å²) in [5.41, 5.74) is 1.33. The largest absolute Gasteiger partial charge is 0.295 e. The second-order valence-electron chi connectivity index (χ2n) is 4.71. The summed E-state index contributed by atoms with van der Waals surface area (Å²) >= 11 is 4.77. The number of ketones is 2. The van der Waals surface area contributed by atoms with Gasteiger partial charge in [-0.2, -0.15) is 0 Å². The summed E-state index contributed by atoms with van der Waals surface area (Å²) in [6, 6.07) is 11.4. The van der Waals surface area contributed by atoms with Crippen LogP contribution in [0.5, 0.6) is 0 Å². The fourth-order valence-corrected chi connectivity index (χ4v) is 3.83. The minimum Gasteiger partial charge on any atom is -0.295 e. The van der Waals surface area contributed by atoms with Crippen LogP contribution in [0.15, 0.2) is 36.4 Å². The van der Waals surface area contributed by atoms with E-state index in [9.17, 15) is 9.59 Å². The number of halogens is 1. The molecule has 2 nitrogen and oxygen atoms in total. The van der Waals surface area contributed by atoms with Crippen LogP contribution in [-0.2, 0) is 0 Å². The van der Waals surface area contributed by atoms with Gasteiger partial charge >= 0.3 is 0 Å². The minimum absolute atomic E-state index is 0.0142. The zero-order chi connectivity index (χ0) is 15.0. The van der Waals surface area contributed by atoms with E-state index < -0.39 is 0 Å². The Bertz CT molecular complexity index is 799. The number of hydrogen-bond donors (Lipinski definition) is 0. The fraction of sp³-hybridized carbons (Fsp3) is 0.125. The van der Waals surface area contributed by atoms with E-state index >= 15 is 0 Å². The lowest BCUT2D eigenvalue weighted by Crippen LogP contribution is -1.98. The van der Waals surface area contributed by atoms with Crippen LogP contribution in [0.2, 0.25) is 6.32 Å². The average Bonchev–Trinajstić information content (AvgIpc) is 2.89. The van der Waals surface area contributed by atoms with Crippen molar-refractivity contribution in [2.75, 3.05) is 5.33 Å². The molecular formula is C16H10BBrO2S. The summed E-state index contributed by atoms with van der Waals surface area (Å²) in [5.74, 6) is -0.00198. The van der Waals surface area contributed by atoms with Gasteiger partial charge in [-0.3, -0.25) is 9.59 Å². The van der Waals surface area contributed by atoms with Crippen molar-refractivity contribution in [1.82, 2.24) is 0 Å². The van der Waals surface area contributed by atoms with Gasteiger partial charge in [0.15, 0.2) is 11.6 Å². The molecule has 1 aromatic heterocycles. The third kappa shape index (κ3) is 2.56. The van der Waals surface area contributed by atoms with E-state index in [1.54, 1.807) is 17.4 Å². The first-order chi connectivity index (χ1) is 10.1. The Morgan fingerprint density at radius 3 is 1.95 bits per heavy atom. The second kappa shape index (κ2) is 5.74. The Balaban J connectivity index is 2.19. The quantitative estimate of drug-likeness (QED) is 0.394. The van der Waals surface area contributed by atoms with Crippen LogP contribution in [0, 0.1) is 0 Å². The number of benzene rings is 2. The van der Waals surface area contributed by atoms with Gasteiger partial charge in [-0.25, -0.2) is 0 Å². The smallest absolute Gasteiger partial charge is 0.173 e. The van der Waals surface area contributed by atoms with Crippen molar-refractivity contribution in [2.24, 2.45) is 0 Å². The van der Waals surface area contributed by atoms with Crippen LogP contribution in [0.1, 0.15) is 20.7 Å².